The fraction of sp³-hybridized carbons (Fsp3) is 0.630. The first-order chi connectivity index (χ1) is 17.5. The highest BCUT2D eigenvalue weighted by atomic mass is 16.5. The van der Waals surface area contributed by atoms with Gasteiger partial charge in [-0.05, 0) is 37.0 Å². The maximum atomic E-state index is 12.7. The van der Waals surface area contributed by atoms with Gasteiger partial charge < -0.3 is 19.1 Å². The summed E-state index contributed by atoms with van der Waals surface area (Å²) in [4.78, 5) is 35.8. The summed E-state index contributed by atoms with van der Waals surface area (Å²) >= 11 is 0. The number of methoxy groups -OCH3 is 1. The highest BCUT2D eigenvalue weighted by Gasteiger charge is 2.24. The summed E-state index contributed by atoms with van der Waals surface area (Å²) in [6.07, 6.45) is 8.01. The van der Waals surface area contributed by atoms with Crippen LogP contribution < -0.4 is 4.74 Å². The van der Waals surface area contributed by atoms with Crippen LogP contribution in [0.15, 0.2) is 28.8 Å². The molecule has 0 spiro atoms. The molecule has 1 aromatic heterocycles. The molecule has 0 unspecified atom stereocenters. The molecule has 9 nitrogen and oxygen atoms in total. The Kier molecular flexibility index (Phi) is 9.33. The minimum atomic E-state index is 0.148. The molecule has 1 aromatic carbocycles. The number of benzene rings is 1. The van der Waals surface area contributed by atoms with Crippen molar-refractivity contribution in [3.8, 4) is 5.75 Å². The van der Waals surface area contributed by atoms with Crippen LogP contribution in [0.3, 0.4) is 0 Å². The molecule has 0 atom stereocenters. The molecule has 2 fully saturated rings. The molecule has 0 bridgehead atoms. The van der Waals surface area contributed by atoms with Crippen LogP contribution in [-0.2, 0) is 29.0 Å². The molecule has 0 N–H and O–H groups in total. The van der Waals surface area contributed by atoms with Crippen molar-refractivity contribution in [2.24, 2.45) is 0 Å². The monoisotopic (exact) mass is 497 g/mol. The van der Waals surface area contributed by atoms with Crippen molar-refractivity contribution in [1.82, 2.24) is 24.8 Å². The number of rotatable bonds is 10. The van der Waals surface area contributed by atoms with Gasteiger partial charge in [-0.25, -0.2) is 0 Å². The van der Waals surface area contributed by atoms with Crippen LogP contribution in [0.4, 0.5) is 0 Å². The smallest absolute Gasteiger partial charge is 0.227 e. The van der Waals surface area contributed by atoms with Crippen LogP contribution in [0.5, 0.6) is 5.75 Å². The lowest BCUT2D eigenvalue weighted by Crippen LogP contribution is -2.48. The van der Waals surface area contributed by atoms with Crippen molar-refractivity contribution < 1.29 is 18.8 Å². The molecule has 1 saturated heterocycles. The third kappa shape index (κ3) is 7.29. The summed E-state index contributed by atoms with van der Waals surface area (Å²) in [7, 11) is 3.57. The Morgan fingerprint density at radius 2 is 1.75 bits per heavy atom. The predicted octanol–water partition coefficient (Wildman–Crippen LogP) is 3.08. The van der Waals surface area contributed by atoms with E-state index in [1.54, 1.807) is 7.11 Å². The van der Waals surface area contributed by atoms with Crippen LogP contribution in [-0.4, -0.2) is 83.0 Å². The lowest BCUT2D eigenvalue weighted by Gasteiger charge is -2.34. The quantitative estimate of drug-likeness (QED) is 0.498. The van der Waals surface area contributed by atoms with Gasteiger partial charge in [0.2, 0.25) is 17.7 Å². The Bertz CT molecular complexity index is 978. The second-order valence-electron chi connectivity index (χ2n) is 9.91. The van der Waals surface area contributed by atoms with Gasteiger partial charge in [-0.1, -0.05) is 36.6 Å². The zero-order valence-corrected chi connectivity index (χ0v) is 21.7. The topological polar surface area (TPSA) is 92.0 Å². The third-order valence-electron chi connectivity index (χ3n) is 7.46. The first kappa shape index (κ1) is 26.1. The molecular weight excluding hydrogens is 458 g/mol. The summed E-state index contributed by atoms with van der Waals surface area (Å²) in [5.41, 5.74) is 1.14. The maximum Gasteiger partial charge on any atom is 0.227 e. The van der Waals surface area contributed by atoms with E-state index in [1.165, 1.54) is 19.3 Å². The van der Waals surface area contributed by atoms with Gasteiger partial charge in [-0.2, -0.15) is 4.98 Å². The number of piperazine rings is 1. The van der Waals surface area contributed by atoms with Crippen molar-refractivity contribution in [2.75, 3.05) is 40.3 Å². The van der Waals surface area contributed by atoms with Crippen LogP contribution >= 0.6 is 0 Å². The first-order valence-corrected chi connectivity index (χ1v) is 13.2. The molecule has 1 saturated carbocycles. The standard InChI is InChI=1S/C27H39N5O4/c1-30(22-6-4-3-5-7-22)26(33)15-13-25-28-24(29-36-25)20-31-16-18-32(19-17-31)27(34)14-10-21-8-11-23(35-2)12-9-21/h8-9,11-12,22H,3-7,10,13-20H2,1-2H3. The van der Waals surface area contributed by atoms with Crippen molar-refractivity contribution in [1.29, 1.82) is 0 Å². The van der Waals surface area contributed by atoms with E-state index in [4.69, 9.17) is 9.26 Å². The number of nitrogens with zero attached hydrogens (tertiary/aromatic N) is 5. The first-order valence-electron chi connectivity index (χ1n) is 13.2. The Labute approximate surface area is 213 Å². The largest absolute Gasteiger partial charge is 0.497 e. The lowest BCUT2D eigenvalue weighted by molar-refractivity contribution is -0.133. The number of carbonyl (C=O) groups excluding carboxylic acids is 2. The van der Waals surface area contributed by atoms with Crippen molar-refractivity contribution >= 4 is 11.8 Å². The van der Waals surface area contributed by atoms with Crippen molar-refractivity contribution in [3.05, 3.63) is 41.5 Å². The van der Waals surface area contributed by atoms with Gasteiger partial charge in [0, 0.05) is 58.5 Å². The Balaban J connectivity index is 1.15. The normalized spacial score (nSPS) is 17.2. The summed E-state index contributed by atoms with van der Waals surface area (Å²) in [5, 5.41) is 4.11. The van der Waals surface area contributed by atoms with Crippen LogP contribution in [0.25, 0.3) is 0 Å². The van der Waals surface area contributed by atoms with E-state index in [-0.39, 0.29) is 11.8 Å². The minimum absolute atomic E-state index is 0.148. The van der Waals surface area contributed by atoms with Crippen LogP contribution in [0.2, 0.25) is 0 Å². The van der Waals surface area contributed by atoms with Gasteiger partial charge in [0.05, 0.1) is 13.7 Å². The molecule has 2 aliphatic rings. The van der Waals surface area contributed by atoms with E-state index in [0.717, 1.165) is 43.7 Å². The fourth-order valence-electron chi connectivity index (χ4n) is 5.08. The number of hydrogen-bond acceptors (Lipinski definition) is 7. The Morgan fingerprint density at radius 1 is 1.03 bits per heavy atom. The number of amides is 2. The summed E-state index contributed by atoms with van der Waals surface area (Å²) in [5.74, 6) is 2.32. The molecular formula is C27H39N5O4. The van der Waals surface area contributed by atoms with Crippen molar-refractivity contribution in [2.45, 2.75) is 70.4 Å². The van der Waals surface area contributed by atoms with Gasteiger partial charge in [-0.3, -0.25) is 14.5 Å². The summed E-state index contributed by atoms with van der Waals surface area (Å²) < 4.78 is 10.6. The molecule has 0 radical (unpaired) electrons. The van der Waals surface area contributed by atoms with E-state index in [9.17, 15) is 9.59 Å². The number of ether oxygens (including phenoxy) is 1. The Hall–Kier alpha value is -2.94. The van der Waals surface area contributed by atoms with Gasteiger partial charge in [-0.15, -0.1) is 0 Å². The molecule has 1 aliphatic carbocycles. The van der Waals surface area contributed by atoms with E-state index in [0.29, 0.717) is 56.7 Å². The lowest BCUT2D eigenvalue weighted by atomic mass is 9.94. The highest BCUT2D eigenvalue weighted by Crippen LogP contribution is 2.22. The number of carbonyl (C=O) groups is 2. The molecule has 2 aromatic rings. The molecule has 2 heterocycles. The fourth-order valence-corrected chi connectivity index (χ4v) is 5.08. The average molecular weight is 498 g/mol. The molecule has 2 amide bonds. The van der Waals surface area contributed by atoms with Crippen LogP contribution in [0.1, 0.15) is 62.2 Å². The van der Waals surface area contributed by atoms with Gasteiger partial charge in [0.15, 0.2) is 5.82 Å². The molecule has 9 heteroatoms. The predicted molar refractivity (Wildman–Crippen MR) is 135 cm³/mol. The SMILES string of the molecule is COc1ccc(CCC(=O)N2CCN(Cc3noc(CCC(=O)N(C)C4CCCCC4)n3)CC2)cc1. The van der Waals surface area contributed by atoms with Gasteiger partial charge in [0.25, 0.3) is 0 Å². The van der Waals surface area contributed by atoms with E-state index in [1.807, 2.05) is 41.1 Å². The zero-order chi connectivity index (χ0) is 25.3. The summed E-state index contributed by atoms with van der Waals surface area (Å²) in [6, 6.07) is 8.24. The second kappa shape index (κ2) is 12.9. The highest BCUT2D eigenvalue weighted by molar-refractivity contribution is 5.77. The van der Waals surface area contributed by atoms with Gasteiger partial charge >= 0.3 is 0 Å². The van der Waals surface area contributed by atoms with E-state index < -0.39 is 0 Å². The van der Waals surface area contributed by atoms with Gasteiger partial charge in [0.1, 0.15) is 5.75 Å². The Morgan fingerprint density at radius 3 is 2.44 bits per heavy atom. The second-order valence-corrected chi connectivity index (χ2v) is 9.91. The zero-order valence-electron chi connectivity index (χ0n) is 21.7. The van der Waals surface area contributed by atoms with Crippen LogP contribution in [0, 0.1) is 0 Å². The molecule has 1 aliphatic heterocycles. The number of aryl methyl sites for hydroxylation is 2. The molecule has 4 rings (SSSR count). The van der Waals surface area contributed by atoms with E-state index >= 15 is 0 Å². The van der Waals surface area contributed by atoms with Crippen molar-refractivity contribution in [3.63, 3.8) is 0 Å². The van der Waals surface area contributed by atoms with E-state index in [2.05, 4.69) is 15.0 Å². The third-order valence-corrected chi connectivity index (χ3v) is 7.46. The minimum Gasteiger partial charge on any atom is -0.497 e. The maximum absolute atomic E-state index is 12.7. The average Bonchev–Trinajstić information content (AvgIpc) is 3.38. The number of aromatic nitrogens is 2. The number of hydrogen-bond donors (Lipinski definition) is 0. The summed E-state index contributed by atoms with van der Waals surface area (Å²) in [6.45, 7) is 3.56. The molecule has 36 heavy (non-hydrogen) atoms. The molecule has 196 valence electrons.